The zero-order chi connectivity index (χ0) is 11.4. The molecule has 15 heavy (non-hydrogen) atoms. The molecule has 0 saturated carbocycles. The summed E-state index contributed by atoms with van der Waals surface area (Å²) in [6.45, 7) is 9.62. The van der Waals surface area contributed by atoms with Crippen molar-refractivity contribution in [2.45, 2.75) is 13.8 Å². The Morgan fingerprint density at radius 3 is 2.60 bits per heavy atom. The molecule has 2 N–H and O–H groups in total. The summed E-state index contributed by atoms with van der Waals surface area (Å²) < 4.78 is 5.24. The Balaban J connectivity index is 0.000000921. The van der Waals surface area contributed by atoms with Crippen LogP contribution in [-0.4, -0.2) is 50.5 Å². The lowest BCUT2D eigenvalue weighted by Crippen LogP contribution is -2.37. The number of morpholine rings is 1. The maximum Gasteiger partial charge on any atom is 0.0594 e. The topological polar surface area (TPSA) is 50.8 Å². The average Bonchev–Trinajstić information content (AvgIpc) is 2.33. The molecule has 0 aliphatic carbocycles. The molecule has 0 radical (unpaired) electrons. The van der Waals surface area contributed by atoms with E-state index in [0.717, 1.165) is 39.4 Å². The van der Waals surface area contributed by atoms with E-state index in [-0.39, 0.29) is 0 Å². The minimum atomic E-state index is 0.838. The first-order valence-corrected chi connectivity index (χ1v) is 5.60. The van der Waals surface area contributed by atoms with Crippen molar-refractivity contribution in [2.75, 3.05) is 39.4 Å². The molecule has 0 aromatic rings. The van der Waals surface area contributed by atoms with Crippen LogP contribution in [0.15, 0.2) is 17.3 Å². The molecular formula is C11H23N3O. The molecule has 0 spiro atoms. The minimum Gasteiger partial charge on any atom is -0.405 e. The van der Waals surface area contributed by atoms with Gasteiger partial charge in [-0.15, -0.1) is 0 Å². The molecule has 1 rings (SSSR count). The Hall–Kier alpha value is -0.870. The van der Waals surface area contributed by atoms with Crippen molar-refractivity contribution in [1.82, 2.24) is 4.90 Å². The van der Waals surface area contributed by atoms with E-state index in [1.165, 1.54) is 6.20 Å². The maximum absolute atomic E-state index is 5.24. The fourth-order valence-electron chi connectivity index (χ4n) is 1.21. The van der Waals surface area contributed by atoms with Gasteiger partial charge in [0.15, 0.2) is 0 Å². The molecule has 1 aliphatic heterocycles. The van der Waals surface area contributed by atoms with E-state index in [1.54, 1.807) is 12.3 Å². The van der Waals surface area contributed by atoms with Gasteiger partial charge >= 0.3 is 0 Å². The molecule has 4 heteroatoms. The van der Waals surface area contributed by atoms with E-state index < -0.39 is 0 Å². The fraction of sp³-hybridized carbons (Fsp3) is 0.727. The van der Waals surface area contributed by atoms with Gasteiger partial charge in [0.1, 0.15) is 0 Å². The van der Waals surface area contributed by atoms with Crippen molar-refractivity contribution < 1.29 is 4.74 Å². The number of ether oxygens (including phenoxy) is 1. The van der Waals surface area contributed by atoms with Crippen molar-refractivity contribution in [3.63, 3.8) is 0 Å². The quantitative estimate of drug-likeness (QED) is 0.706. The Labute approximate surface area is 92.8 Å². The monoisotopic (exact) mass is 213 g/mol. The van der Waals surface area contributed by atoms with Crippen molar-refractivity contribution in [2.24, 2.45) is 10.7 Å². The molecule has 4 nitrogen and oxygen atoms in total. The van der Waals surface area contributed by atoms with E-state index in [0.29, 0.717) is 0 Å². The van der Waals surface area contributed by atoms with E-state index in [1.807, 2.05) is 13.8 Å². The molecule has 0 aromatic heterocycles. The number of hydrogen-bond acceptors (Lipinski definition) is 4. The molecule has 1 aliphatic rings. The molecular weight excluding hydrogens is 190 g/mol. The number of nitrogens with zero attached hydrogens (tertiary/aromatic N) is 2. The minimum absolute atomic E-state index is 0.838. The van der Waals surface area contributed by atoms with Gasteiger partial charge in [-0.25, -0.2) is 0 Å². The zero-order valence-corrected chi connectivity index (χ0v) is 9.85. The summed E-state index contributed by atoms with van der Waals surface area (Å²) >= 11 is 0. The summed E-state index contributed by atoms with van der Waals surface area (Å²) in [5.74, 6) is 0. The summed E-state index contributed by atoms with van der Waals surface area (Å²) in [4.78, 5) is 6.54. The molecule has 1 heterocycles. The van der Waals surface area contributed by atoms with Crippen molar-refractivity contribution >= 4 is 6.21 Å². The van der Waals surface area contributed by atoms with E-state index >= 15 is 0 Å². The summed E-state index contributed by atoms with van der Waals surface area (Å²) in [5.41, 5.74) is 5.15. The molecule has 0 bridgehead atoms. The van der Waals surface area contributed by atoms with Gasteiger partial charge in [0.25, 0.3) is 0 Å². The van der Waals surface area contributed by atoms with Gasteiger partial charge in [-0.3, -0.25) is 9.89 Å². The molecule has 0 atom stereocenters. The van der Waals surface area contributed by atoms with Crippen LogP contribution in [0, 0.1) is 0 Å². The summed E-state index contributed by atoms with van der Waals surface area (Å²) in [5, 5.41) is 0. The standard InChI is InChI=1S/C9H17N3O.C2H6/c10-2-1-3-11-4-5-12-6-8-13-9-7-12;1-2/h1-3H,4-10H2;1-2H3/b2-1-,11-3?;. The van der Waals surface area contributed by atoms with Gasteiger partial charge in [-0.05, 0) is 12.3 Å². The lowest BCUT2D eigenvalue weighted by atomic mass is 10.4. The van der Waals surface area contributed by atoms with Gasteiger partial charge in [-0.2, -0.15) is 0 Å². The maximum atomic E-state index is 5.24. The van der Waals surface area contributed by atoms with Crippen molar-refractivity contribution in [3.8, 4) is 0 Å². The summed E-state index contributed by atoms with van der Waals surface area (Å²) in [6.07, 6.45) is 4.96. The number of hydrogen-bond donors (Lipinski definition) is 1. The zero-order valence-electron chi connectivity index (χ0n) is 9.85. The van der Waals surface area contributed by atoms with E-state index in [2.05, 4.69) is 9.89 Å². The second-order valence-electron chi connectivity index (χ2n) is 2.89. The molecule has 0 aromatic carbocycles. The second-order valence-corrected chi connectivity index (χ2v) is 2.89. The lowest BCUT2D eigenvalue weighted by molar-refractivity contribution is 0.0395. The van der Waals surface area contributed by atoms with Crippen molar-refractivity contribution in [3.05, 3.63) is 12.3 Å². The SMILES string of the molecule is CC.N/C=C\C=NCCN1CCOCC1. The van der Waals surface area contributed by atoms with Gasteiger partial charge in [0.05, 0.1) is 19.8 Å². The average molecular weight is 213 g/mol. The van der Waals surface area contributed by atoms with Crippen LogP contribution in [0.2, 0.25) is 0 Å². The Morgan fingerprint density at radius 1 is 1.33 bits per heavy atom. The predicted octanol–water partition coefficient (Wildman–Crippen LogP) is 0.888. The Kier molecular flexibility index (Phi) is 10.6. The molecule has 1 fully saturated rings. The number of rotatable bonds is 4. The number of nitrogens with two attached hydrogens (primary N) is 1. The van der Waals surface area contributed by atoms with E-state index in [4.69, 9.17) is 10.5 Å². The Morgan fingerprint density at radius 2 is 2.00 bits per heavy atom. The first-order valence-electron chi connectivity index (χ1n) is 5.60. The number of allylic oxidation sites excluding steroid dienone is 1. The molecule has 0 amide bonds. The van der Waals surface area contributed by atoms with Crippen LogP contribution in [-0.2, 0) is 4.74 Å². The predicted molar refractivity (Wildman–Crippen MR) is 65.3 cm³/mol. The highest BCUT2D eigenvalue weighted by Crippen LogP contribution is 1.95. The van der Waals surface area contributed by atoms with Gasteiger partial charge in [-0.1, -0.05) is 13.8 Å². The second kappa shape index (κ2) is 11.2. The third-order valence-corrected chi connectivity index (χ3v) is 1.95. The van der Waals surface area contributed by atoms with Crippen LogP contribution in [0.25, 0.3) is 0 Å². The third-order valence-electron chi connectivity index (χ3n) is 1.95. The van der Waals surface area contributed by atoms with E-state index in [9.17, 15) is 0 Å². The van der Waals surface area contributed by atoms with Crippen LogP contribution in [0.5, 0.6) is 0 Å². The highest BCUT2D eigenvalue weighted by atomic mass is 16.5. The first-order chi connectivity index (χ1) is 7.43. The van der Waals surface area contributed by atoms with Gasteiger partial charge in [0, 0.05) is 25.8 Å². The largest absolute Gasteiger partial charge is 0.405 e. The summed E-state index contributed by atoms with van der Waals surface area (Å²) in [7, 11) is 0. The van der Waals surface area contributed by atoms with Crippen LogP contribution >= 0.6 is 0 Å². The van der Waals surface area contributed by atoms with Crippen LogP contribution in [0.1, 0.15) is 13.8 Å². The summed E-state index contributed by atoms with van der Waals surface area (Å²) in [6, 6.07) is 0. The fourth-order valence-corrected chi connectivity index (χ4v) is 1.21. The third kappa shape index (κ3) is 8.15. The van der Waals surface area contributed by atoms with Gasteiger partial charge in [0.2, 0.25) is 0 Å². The first kappa shape index (κ1) is 14.1. The lowest BCUT2D eigenvalue weighted by Gasteiger charge is -2.25. The normalized spacial score (nSPS) is 18.0. The van der Waals surface area contributed by atoms with Crippen LogP contribution in [0.4, 0.5) is 0 Å². The smallest absolute Gasteiger partial charge is 0.0594 e. The van der Waals surface area contributed by atoms with Crippen molar-refractivity contribution in [1.29, 1.82) is 0 Å². The highest BCUT2D eigenvalue weighted by Gasteiger charge is 2.08. The van der Waals surface area contributed by atoms with Crippen LogP contribution < -0.4 is 5.73 Å². The van der Waals surface area contributed by atoms with Crippen LogP contribution in [0.3, 0.4) is 0 Å². The molecule has 88 valence electrons. The number of aliphatic imine (C=N–C) groups is 1. The molecule has 0 unspecified atom stereocenters. The highest BCUT2D eigenvalue weighted by molar-refractivity contribution is 5.70. The Bertz CT molecular complexity index is 175. The van der Waals surface area contributed by atoms with Gasteiger partial charge < -0.3 is 10.5 Å². The molecule has 1 saturated heterocycles.